The number of hydrogen-bond acceptors (Lipinski definition) is 5. The molecule has 3 aromatic rings. The third-order valence-electron chi connectivity index (χ3n) is 4.53. The van der Waals surface area contributed by atoms with Gasteiger partial charge in [-0.1, -0.05) is 0 Å². The number of nitrogens with zero attached hydrogens (tertiary/aromatic N) is 4. The van der Waals surface area contributed by atoms with Gasteiger partial charge in [0.05, 0.1) is 24.6 Å². The number of benzene rings is 1. The van der Waals surface area contributed by atoms with Gasteiger partial charge in [0.1, 0.15) is 5.82 Å². The first-order valence-corrected chi connectivity index (χ1v) is 8.32. The van der Waals surface area contributed by atoms with E-state index in [9.17, 15) is 4.39 Å². The molecule has 0 atom stereocenters. The number of fused-ring (bicyclic) bond motifs is 1. The van der Waals surface area contributed by atoms with E-state index >= 15 is 0 Å². The molecule has 0 unspecified atom stereocenters. The van der Waals surface area contributed by atoms with E-state index in [-0.39, 0.29) is 5.82 Å². The highest BCUT2D eigenvalue weighted by atomic mass is 19.1. The van der Waals surface area contributed by atoms with Crippen molar-refractivity contribution in [2.24, 2.45) is 0 Å². The number of halogens is 1. The van der Waals surface area contributed by atoms with Gasteiger partial charge in [-0.15, -0.1) is 0 Å². The van der Waals surface area contributed by atoms with Crippen LogP contribution in [0.15, 0.2) is 30.7 Å². The van der Waals surface area contributed by atoms with Crippen LogP contribution in [0.25, 0.3) is 16.9 Å². The highest BCUT2D eigenvalue weighted by molar-refractivity contribution is 5.74. The normalized spacial score (nSPS) is 14.9. The van der Waals surface area contributed by atoms with Crippen molar-refractivity contribution in [2.45, 2.75) is 6.92 Å². The summed E-state index contributed by atoms with van der Waals surface area (Å²) in [5, 5.41) is 2.89. The molecule has 0 aliphatic carbocycles. The molecular formula is C18H20FN5O. The number of rotatable bonds is 3. The van der Waals surface area contributed by atoms with Crippen LogP contribution in [0.4, 0.5) is 15.9 Å². The molecule has 0 radical (unpaired) electrons. The Morgan fingerprint density at radius 3 is 2.80 bits per heavy atom. The fourth-order valence-electron chi connectivity index (χ4n) is 3.17. The van der Waals surface area contributed by atoms with Crippen LogP contribution in [0.5, 0.6) is 0 Å². The van der Waals surface area contributed by atoms with Crippen LogP contribution >= 0.6 is 0 Å². The van der Waals surface area contributed by atoms with E-state index in [2.05, 4.69) is 15.2 Å². The Bertz CT molecular complexity index is 917. The molecule has 3 heterocycles. The van der Waals surface area contributed by atoms with Crippen molar-refractivity contribution in [3.63, 3.8) is 0 Å². The van der Waals surface area contributed by atoms with Crippen LogP contribution in [0.3, 0.4) is 0 Å². The van der Waals surface area contributed by atoms with Crippen molar-refractivity contribution in [3.8, 4) is 11.3 Å². The fourth-order valence-corrected chi connectivity index (χ4v) is 3.17. The van der Waals surface area contributed by atoms with E-state index in [1.807, 2.05) is 23.7 Å². The summed E-state index contributed by atoms with van der Waals surface area (Å²) in [5.41, 5.74) is 3.81. The van der Waals surface area contributed by atoms with Gasteiger partial charge in [0, 0.05) is 44.3 Å². The minimum Gasteiger partial charge on any atom is -0.386 e. The molecule has 25 heavy (non-hydrogen) atoms. The number of nitrogens with one attached hydrogen (secondary N) is 1. The first-order valence-electron chi connectivity index (χ1n) is 8.32. The second-order valence-electron chi connectivity index (χ2n) is 6.10. The van der Waals surface area contributed by atoms with Crippen molar-refractivity contribution < 1.29 is 9.13 Å². The Hall–Kier alpha value is -2.67. The quantitative estimate of drug-likeness (QED) is 0.794. The molecule has 7 heteroatoms. The second kappa shape index (κ2) is 6.33. The first kappa shape index (κ1) is 15.8. The molecule has 0 spiro atoms. The summed E-state index contributed by atoms with van der Waals surface area (Å²) in [7, 11) is 1.71. The van der Waals surface area contributed by atoms with Gasteiger partial charge < -0.3 is 19.4 Å². The van der Waals surface area contributed by atoms with Crippen molar-refractivity contribution in [1.82, 2.24) is 14.4 Å². The average molecular weight is 341 g/mol. The molecule has 4 rings (SSSR count). The van der Waals surface area contributed by atoms with E-state index in [0.29, 0.717) is 18.9 Å². The topological polar surface area (TPSA) is 54.7 Å². The summed E-state index contributed by atoms with van der Waals surface area (Å²) >= 11 is 0. The standard InChI is InChI=1S/C18H20FN5O/c1-12-9-14(19)15(20-2)10-13(12)16-11-24-4-3-21-17(24)18(22-16)23-5-7-25-8-6-23/h3-4,9-11,20H,5-8H2,1-2H3. The maximum absolute atomic E-state index is 14.0. The van der Waals surface area contributed by atoms with Crippen LogP contribution < -0.4 is 10.2 Å². The minimum atomic E-state index is -0.263. The summed E-state index contributed by atoms with van der Waals surface area (Å²) < 4.78 is 21.4. The SMILES string of the molecule is CNc1cc(-c2cn3ccnc3c(N3CCOCC3)n2)c(C)cc1F. The molecule has 6 nitrogen and oxygen atoms in total. The van der Waals surface area contributed by atoms with Crippen molar-refractivity contribution in [3.05, 3.63) is 42.1 Å². The van der Waals surface area contributed by atoms with Crippen molar-refractivity contribution in [2.75, 3.05) is 43.6 Å². The largest absolute Gasteiger partial charge is 0.386 e. The molecule has 1 aliphatic heterocycles. The molecular weight excluding hydrogens is 321 g/mol. The van der Waals surface area contributed by atoms with Crippen molar-refractivity contribution >= 4 is 17.2 Å². The number of ether oxygens (including phenoxy) is 1. The van der Waals surface area contributed by atoms with E-state index < -0.39 is 0 Å². The molecule has 130 valence electrons. The van der Waals surface area contributed by atoms with Crippen LogP contribution in [-0.4, -0.2) is 47.7 Å². The van der Waals surface area contributed by atoms with Crippen LogP contribution in [0.1, 0.15) is 5.56 Å². The maximum atomic E-state index is 14.0. The van der Waals surface area contributed by atoms with Gasteiger partial charge in [0.25, 0.3) is 0 Å². The third-order valence-corrected chi connectivity index (χ3v) is 4.53. The first-order chi connectivity index (χ1) is 12.2. The molecule has 0 saturated carbocycles. The van der Waals surface area contributed by atoms with Gasteiger partial charge in [0.2, 0.25) is 0 Å². The number of hydrogen-bond donors (Lipinski definition) is 1. The van der Waals surface area contributed by atoms with Gasteiger partial charge in [-0.05, 0) is 24.6 Å². The van der Waals surface area contributed by atoms with Gasteiger partial charge in [-0.3, -0.25) is 0 Å². The highest BCUT2D eigenvalue weighted by Crippen LogP contribution is 2.30. The Balaban J connectivity index is 1.88. The predicted octanol–water partition coefficient (Wildman–Crippen LogP) is 2.72. The zero-order valence-corrected chi connectivity index (χ0v) is 14.3. The van der Waals surface area contributed by atoms with E-state index in [1.54, 1.807) is 19.3 Å². The number of morpholine rings is 1. The number of aryl methyl sites for hydroxylation is 1. The summed E-state index contributed by atoms with van der Waals surface area (Å²) in [6.07, 6.45) is 5.61. The molecule has 1 saturated heterocycles. The molecule has 1 N–H and O–H groups in total. The van der Waals surface area contributed by atoms with Crippen LogP contribution in [-0.2, 0) is 4.74 Å². The van der Waals surface area contributed by atoms with E-state index in [1.165, 1.54) is 6.07 Å². The second-order valence-corrected chi connectivity index (χ2v) is 6.10. The van der Waals surface area contributed by atoms with Crippen LogP contribution in [0, 0.1) is 12.7 Å². The lowest BCUT2D eigenvalue weighted by atomic mass is 10.0. The molecule has 1 fully saturated rings. The fraction of sp³-hybridized carbons (Fsp3) is 0.333. The third kappa shape index (κ3) is 2.80. The molecule has 1 aliphatic rings. The van der Waals surface area contributed by atoms with Gasteiger partial charge in [-0.25, -0.2) is 14.4 Å². The lowest BCUT2D eigenvalue weighted by molar-refractivity contribution is 0.122. The van der Waals surface area contributed by atoms with Crippen LogP contribution in [0.2, 0.25) is 0 Å². The summed E-state index contributed by atoms with van der Waals surface area (Å²) in [5.74, 6) is 0.571. The van der Waals surface area contributed by atoms with Gasteiger partial charge in [-0.2, -0.15) is 0 Å². The van der Waals surface area contributed by atoms with Gasteiger partial charge in [0.15, 0.2) is 11.5 Å². The zero-order chi connectivity index (χ0) is 17.4. The molecule has 0 bridgehead atoms. The average Bonchev–Trinajstić information content (AvgIpc) is 3.10. The molecule has 0 amide bonds. The number of aromatic nitrogens is 3. The molecule has 1 aromatic carbocycles. The monoisotopic (exact) mass is 341 g/mol. The Morgan fingerprint density at radius 1 is 1.24 bits per heavy atom. The van der Waals surface area contributed by atoms with E-state index in [4.69, 9.17) is 9.72 Å². The lowest BCUT2D eigenvalue weighted by Gasteiger charge is -2.28. The summed E-state index contributed by atoms with van der Waals surface area (Å²) in [6.45, 7) is 4.81. The summed E-state index contributed by atoms with van der Waals surface area (Å²) in [4.78, 5) is 11.5. The molecule has 2 aromatic heterocycles. The smallest absolute Gasteiger partial charge is 0.180 e. The zero-order valence-electron chi connectivity index (χ0n) is 14.3. The van der Waals surface area contributed by atoms with E-state index in [0.717, 1.165) is 41.4 Å². The summed E-state index contributed by atoms with van der Waals surface area (Å²) in [6, 6.07) is 3.34. The Kier molecular flexibility index (Phi) is 4.01. The Morgan fingerprint density at radius 2 is 2.04 bits per heavy atom. The predicted molar refractivity (Wildman–Crippen MR) is 95.7 cm³/mol. The number of anilines is 2. The van der Waals surface area contributed by atoms with Gasteiger partial charge >= 0.3 is 0 Å². The maximum Gasteiger partial charge on any atom is 0.180 e. The lowest BCUT2D eigenvalue weighted by Crippen LogP contribution is -2.37. The number of imidazole rings is 1. The highest BCUT2D eigenvalue weighted by Gasteiger charge is 2.19. The minimum absolute atomic E-state index is 0.263. The Labute approximate surface area is 145 Å². The van der Waals surface area contributed by atoms with Crippen molar-refractivity contribution in [1.29, 1.82) is 0 Å².